The van der Waals surface area contributed by atoms with Crippen LogP contribution in [0.3, 0.4) is 0 Å². The molecule has 2 N–H and O–H groups in total. The molecule has 0 spiro atoms. The molecule has 0 unspecified atom stereocenters. The quantitative estimate of drug-likeness (QED) is 0.472. The van der Waals surface area contributed by atoms with E-state index >= 15 is 0 Å². The molecule has 150 valence electrons. The molecule has 2 aromatic carbocycles. The van der Waals surface area contributed by atoms with Gasteiger partial charge in [0.15, 0.2) is 18.1 Å². The summed E-state index contributed by atoms with van der Waals surface area (Å²) in [5.74, 6) is 1.20. The molecule has 0 aliphatic rings. The molecule has 2 aromatic rings. The second-order valence-corrected chi connectivity index (χ2v) is 7.46. The molecule has 0 fully saturated rings. The van der Waals surface area contributed by atoms with Crippen LogP contribution in [-0.4, -0.2) is 43.9 Å². The highest BCUT2D eigenvalue weighted by Gasteiger charge is 2.12. The topological polar surface area (TPSA) is 76.7 Å². The first kappa shape index (κ1) is 21.6. The summed E-state index contributed by atoms with van der Waals surface area (Å²) in [7, 11) is 1.49. The number of amides is 2. The summed E-state index contributed by atoms with van der Waals surface area (Å²) < 4.78 is 10.8. The van der Waals surface area contributed by atoms with E-state index in [1.807, 2.05) is 44.2 Å². The number of methoxy groups -OCH3 is 1. The van der Waals surface area contributed by atoms with Gasteiger partial charge in [-0.15, -0.1) is 11.8 Å². The van der Waals surface area contributed by atoms with E-state index in [2.05, 4.69) is 10.6 Å². The van der Waals surface area contributed by atoms with Crippen molar-refractivity contribution in [3.05, 3.63) is 54.1 Å². The molecule has 2 rings (SSSR count). The van der Waals surface area contributed by atoms with E-state index in [0.717, 1.165) is 5.75 Å². The zero-order chi connectivity index (χ0) is 20.4. The van der Waals surface area contributed by atoms with Crippen LogP contribution in [0.15, 0.2) is 53.4 Å². The van der Waals surface area contributed by atoms with Gasteiger partial charge in [0.2, 0.25) is 0 Å². The number of benzene rings is 2. The smallest absolute Gasteiger partial charge is 0.258 e. The van der Waals surface area contributed by atoms with Gasteiger partial charge in [0.1, 0.15) is 0 Å². The molecule has 7 heteroatoms. The Bertz CT molecular complexity index is 781. The van der Waals surface area contributed by atoms with E-state index in [-0.39, 0.29) is 24.5 Å². The van der Waals surface area contributed by atoms with Crippen molar-refractivity contribution < 1.29 is 19.1 Å². The molecular formula is C21H26N2O4S. The maximum absolute atomic E-state index is 12.3. The third-order valence-electron chi connectivity index (χ3n) is 3.63. The number of carbonyl (C=O) groups excluding carboxylic acids is 2. The van der Waals surface area contributed by atoms with E-state index in [1.165, 1.54) is 12.0 Å². The Hall–Kier alpha value is -2.67. The van der Waals surface area contributed by atoms with Crippen LogP contribution in [0, 0.1) is 0 Å². The molecule has 0 atom stereocenters. The fraction of sp³-hybridized carbons (Fsp3) is 0.333. The lowest BCUT2D eigenvalue weighted by Gasteiger charge is -2.13. The van der Waals surface area contributed by atoms with Gasteiger partial charge in [0, 0.05) is 28.8 Å². The first-order valence-electron chi connectivity index (χ1n) is 9.06. The number of hydrogen-bond donors (Lipinski definition) is 2. The molecule has 2 amide bonds. The highest BCUT2D eigenvalue weighted by atomic mass is 32.2. The fourth-order valence-electron chi connectivity index (χ4n) is 2.39. The monoisotopic (exact) mass is 402 g/mol. The Balaban J connectivity index is 1.85. The predicted molar refractivity (Wildman–Crippen MR) is 111 cm³/mol. The standard InChI is InChI=1S/C21H26N2O4S/c1-15(2)23-20(24)14-27-18-10-9-16(13-19(18)26-3)21(25)22-11-12-28-17-7-5-4-6-8-17/h4-10,13,15H,11-12,14H2,1-3H3,(H,22,25)(H,23,24). The van der Waals surface area contributed by atoms with E-state index < -0.39 is 0 Å². The highest BCUT2D eigenvalue weighted by molar-refractivity contribution is 7.99. The van der Waals surface area contributed by atoms with Crippen LogP contribution < -0.4 is 20.1 Å². The molecule has 0 aliphatic carbocycles. The minimum Gasteiger partial charge on any atom is -0.493 e. The van der Waals surface area contributed by atoms with Crippen molar-refractivity contribution >= 4 is 23.6 Å². The lowest BCUT2D eigenvalue weighted by atomic mass is 10.2. The van der Waals surface area contributed by atoms with Gasteiger partial charge < -0.3 is 20.1 Å². The Morgan fingerprint density at radius 1 is 1.07 bits per heavy atom. The average molecular weight is 403 g/mol. The normalized spacial score (nSPS) is 10.4. The summed E-state index contributed by atoms with van der Waals surface area (Å²) in [5, 5.41) is 5.64. The van der Waals surface area contributed by atoms with Gasteiger partial charge >= 0.3 is 0 Å². The van der Waals surface area contributed by atoms with Gasteiger partial charge in [-0.2, -0.15) is 0 Å². The summed E-state index contributed by atoms with van der Waals surface area (Å²) in [4.78, 5) is 25.2. The summed E-state index contributed by atoms with van der Waals surface area (Å²) >= 11 is 1.68. The molecule has 0 heterocycles. The largest absolute Gasteiger partial charge is 0.493 e. The van der Waals surface area contributed by atoms with Gasteiger partial charge in [-0.3, -0.25) is 9.59 Å². The summed E-state index contributed by atoms with van der Waals surface area (Å²) in [6, 6.07) is 15.0. The molecule has 0 saturated heterocycles. The minimum absolute atomic E-state index is 0.0455. The molecule has 0 radical (unpaired) electrons. The molecule has 0 bridgehead atoms. The first-order chi connectivity index (χ1) is 13.5. The number of rotatable bonds is 10. The molecular weight excluding hydrogens is 376 g/mol. The Morgan fingerprint density at radius 2 is 1.82 bits per heavy atom. The fourth-order valence-corrected chi connectivity index (χ4v) is 3.18. The Morgan fingerprint density at radius 3 is 2.50 bits per heavy atom. The number of carbonyl (C=O) groups is 2. The van der Waals surface area contributed by atoms with Gasteiger partial charge in [-0.1, -0.05) is 18.2 Å². The van der Waals surface area contributed by atoms with Crippen molar-refractivity contribution in [2.24, 2.45) is 0 Å². The maximum atomic E-state index is 12.3. The molecule has 6 nitrogen and oxygen atoms in total. The SMILES string of the molecule is COc1cc(C(=O)NCCSc2ccccc2)ccc1OCC(=O)NC(C)C. The van der Waals surface area contributed by atoms with E-state index in [4.69, 9.17) is 9.47 Å². The van der Waals surface area contributed by atoms with Gasteiger partial charge in [-0.05, 0) is 44.2 Å². The molecule has 28 heavy (non-hydrogen) atoms. The molecule has 0 saturated carbocycles. The lowest BCUT2D eigenvalue weighted by molar-refractivity contribution is -0.123. The third kappa shape index (κ3) is 7.15. The second kappa shape index (κ2) is 11.2. The van der Waals surface area contributed by atoms with Crippen molar-refractivity contribution in [3.8, 4) is 11.5 Å². The number of ether oxygens (including phenoxy) is 2. The highest BCUT2D eigenvalue weighted by Crippen LogP contribution is 2.28. The van der Waals surface area contributed by atoms with Gasteiger partial charge in [0.05, 0.1) is 7.11 Å². The van der Waals surface area contributed by atoms with Crippen LogP contribution >= 0.6 is 11.8 Å². The zero-order valence-electron chi connectivity index (χ0n) is 16.4. The Kier molecular flexibility index (Phi) is 8.68. The van der Waals surface area contributed by atoms with E-state index in [0.29, 0.717) is 23.6 Å². The van der Waals surface area contributed by atoms with Crippen LogP contribution in [0.5, 0.6) is 11.5 Å². The lowest BCUT2D eigenvalue weighted by Crippen LogP contribution is -2.34. The zero-order valence-corrected chi connectivity index (χ0v) is 17.2. The van der Waals surface area contributed by atoms with Gasteiger partial charge in [-0.25, -0.2) is 0 Å². The van der Waals surface area contributed by atoms with Crippen LogP contribution in [0.1, 0.15) is 24.2 Å². The van der Waals surface area contributed by atoms with Gasteiger partial charge in [0.25, 0.3) is 11.8 Å². The van der Waals surface area contributed by atoms with Crippen molar-refractivity contribution in [1.82, 2.24) is 10.6 Å². The van der Waals surface area contributed by atoms with Crippen molar-refractivity contribution in [3.63, 3.8) is 0 Å². The average Bonchev–Trinajstić information content (AvgIpc) is 2.69. The van der Waals surface area contributed by atoms with E-state index in [9.17, 15) is 9.59 Å². The summed E-state index contributed by atoms with van der Waals surface area (Å²) in [6.07, 6.45) is 0. The molecule has 0 aliphatic heterocycles. The van der Waals surface area contributed by atoms with Crippen LogP contribution in [0.25, 0.3) is 0 Å². The third-order valence-corrected chi connectivity index (χ3v) is 4.65. The van der Waals surface area contributed by atoms with Crippen LogP contribution in [0.4, 0.5) is 0 Å². The predicted octanol–water partition coefficient (Wildman–Crippen LogP) is 3.12. The van der Waals surface area contributed by atoms with Crippen LogP contribution in [0.2, 0.25) is 0 Å². The number of nitrogens with one attached hydrogen (secondary N) is 2. The number of thioether (sulfide) groups is 1. The van der Waals surface area contributed by atoms with E-state index in [1.54, 1.807) is 30.0 Å². The van der Waals surface area contributed by atoms with Crippen molar-refractivity contribution in [2.75, 3.05) is 26.0 Å². The minimum atomic E-state index is -0.213. The number of hydrogen-bond acceptors (Lipinski definition) is 5. The maximum Gasteiger partial charge on any atom is 0.258 e. The van der Waals surface area contributed by atoms with Crippen molar-refractivity contribution in [1.29, 1.82) is 0 Å². The summed E-state index contributed by atoms with van der Waals surface area (Å²) in [5.41, 5.74) is 0.473. The summed E-state index contributed by atoms with van der Waals surface area (Å²) in [6.45, 7) is 4.19. The Labute approximate surface area is 170 Å². The van der Waals surface area contributed by atoms with Crippen LogP contribution in [-0.2, 0) is 4.79 Å². The molecule has 0 aromatic heterocycles. The van der Waals surface area contributed by atoms with Crippen molar-refractivity contribution in [2.45, 2.75) is 24.8 Å². The second-order valence-electron chi connectivity index (χ2n) is 6.29. The first-order valence-corrected chi connectivity index (χ1v) is 10.0.